The first-order valence-electron chi connectivity index (χ1n) is 8.28. The maximum atomic E-state index is 12.3. The number of hydrogen-bond donors (Lipinski definition) is 1. The van der Waals surface area contributed by atoms with Gasteiger partial charge in [0.15, 0.2) is 5.76 Å². The lowest BCUT2D eigenvalue weighted by Crippen LogP contribution is -2.49. The molecule has 0 saturated carbocycles. The van der Waals surface area contributed by atoms with Crippen LogP contribution in [0.15, 0.2) is 35.1 Å². The largest absolute Gasteiger partial charge is 0.459 e. The summed E-state index contributed by atoms with van der Waals surface area (Å²) in [5, 5.41) is 3.31. The van der Waals surface area contributed by atoms with Crippen LogP contribution in [0.3, 0.4) is 0 Å². The zero-order valence-corrected chi connectivity index (χ0v) is 14.1. The minimum Gasteiger partial charge on any atom is -0.459 e. The molecule has 0 bridgehead atoms. The molecule has 1 fully saturated rings. The molecule has 0 radical (unpaired) electrons. The second-order valence-electron chi connectivity index (χ2n) is 6.27. The van der Waals surface area contributed by atoms with E-state index in [1.54, 1.807) is 23.2 Å². The first-order valence-corrected chi connectivity index (χ1v) is 8.28. The van der Waals surface area contributed by atoms with E-state index in [-0.39, 0.29) is 5.91 Å². The third-order valence-corrected chi connectivity index (χ3v) is 3.92. The van der Waals surface area contributed by atoms with Gasteiger partial charge in [-0.05, 0) is 24.1 Å². The molecule has 3 rings (SSSR count). The highest BCUT2D eigenvalue weighted by molar-refractivity contribution is 5.91. The molecular weight excluding hydrogens is 306 g/mol. The number of hydrogen-bond acceptors (Lipinski definition) is 6. The third kappa shape index (κ3) is 3.84. The quantitative estimate of drug-likeness (QED) is 0.905. The highest BCUT2D eigenvalue weighted by Crippen LogP contribution is 2.15. The number of anilines is 2. The van der Waals surface area contributed by atoms with Crippen LogP contribution in [-0.2, 0) is 0 Å². The van der Waals surface area contributed by atoms with Crippen molar-refractivity contribution in [2.24, 2.45) is 5.92 Å². The minimum absolute atomic E-state index is 0.0621. The van der Waals surface area contributed by atoms with Gasteiger partial charge in [0.05, 0.1) is 6.26 Å². The fraction of sp³-hybridized carbons (Fsp3) is 0.471. The lowest BCUT2D eigenvalue weighted by molar-refractivity contribution is 0.0714. The maximum Gasteiger partial charge on any atom is 0.289 e. The van der Waals surface area contributed by atoms with E-state index in [0.29, 0.717) is 43.8 Å². The number of piperazine rings is 1. The number of amides is 1. The average molecular weight is 329 g/mol. The molecule has 7 nitrogen and oxygen atoms in total. The van der Waals surface area contributed by atoms with Crippen LogP contribution in [-0.4, -0.2) is 53.5 Å². The monoisotopic (exact) mass is 329 g/mol. The van der Waals surface area contributed by atoms with Gasteiger partial charge < -0.3 is 19.5 Å². The van der Waals surface area contributed by atoms with E-state index in [4.69, 9.17) is 4.42 Å². The molecule has 1 N–H and O–H groups in total. The first-order chi connectivity index (χ1) is 11.6. The summed E-state index contributed by atoms with van der Waals surface area (Å²) in [5.41, 5.74) is 0. The first kappa shape index (κ1) is 16.3. The number of nitrogens with one attached hydrogen (secondary N) is 1. The van der Waals surface area contributed by atoms with E-state index < -0.39 is 0 Å². The molecule has 1 amide bonds. The van der Waals surface area contributed by atoms with E-state index in [2.05, 4.69) is 34.0 Å². The normalized spacial score (nSPS) is 15.0. The van der Waals surface area contributed by atoms with Gasteiger partial charge in [-0.3, -0.25) is 4.79 Å². The summed E-state index contributed by atoms with van der Waals surface area (Å²) in [4.78, 5) is 25.1. The van der Waals surface area contributed by atoms with Crippen molar-refractivity contribution in [1.29, 1.82) is 0 Å². The Morgan fingerprint density at radius 3 is 2.75 bits per heavy atom. The lowest BCUT2D eigenvalue weighted by Gasteiger charge is -2.34. The van der Waals surface area contributed by atoms with Crippen molar-refractivity contribution in [3.8, 4) is 0 Å². The predicted octanol–water partition coefficient (Wildman–Crippen LogP) is 2.10. The number of aromatic nitrogens is 2. The molecule has 128 valence electrons. The summed E-state index contributed by atoms with van der Waals surface area (Å²) in [6.45, 7) is 7.87. The van der Waals surface area contributed by atoms with Crippen molar-refractivity contribution in [3.05, 3.63) is 36.4 Å². The summed E-state index contributed by atoms with van der Waals surface area (Å²) in [7, 11) is 0. The van der Waals surface area contributed by atoms with E-state index in [0.717, 1.165) is 12.4 Å². The van der Waals surface area contributed by atoms with Gasteiger partial charge in [0.2, 0.25) is 5.95 Å². The van der Waals surface area contributed by atoms with Gasteiger partial charge in [0.25, 0.3) is 5.91 Å². The molecule has 1 aliphatic rings. The van der Waals surface area contributed by atoms with Crippen LogP contribution in [0.5, 0.6) is 0 Å². The molecule has 0 unspecified atom stereocenters. The lowest BCUT2D eigenvalue weighted by atomic mass is 10.2. The smallest absolute Gasteiger partial charge is 0.289 e. The van der Waals surface area contributed by atoms with Crippen LogP contribution >= 0.6 is 0 Å². The van der Waals surface area contributed by atoms with Crippen molar-refractivity contribution in [1.82, 2.24) is 14.9 Å². The van der Waals surface area contributed by atoms with Gasteiger partial charge in [0.1, 0.15) is 5.82 Å². The van der Waals surface area contributed by atoms with Crippen LogP contribution in [0, 0.1) is 5.92 Å². The number of furan rings is 1. The molecule has 24 heavy (non-hydrogen) atoms. The fourth-order valence-electron chi connectivity index (χ4n) is 2.57. The number of nitrogens with zero attached hydrogens (tertiary/aromatic N) is 4. The fourth-order valence-corrected chi connectivity index (χ4v) is 2.57. The van der Waals surface area contributed by atoms with Crippen LogP contribution in [0.1, 0.15) is 24.4 Å². The van der Waals surface area contributed by atoms with Crippen LogP contribution in [0.25, 0.3) is 0 Å². The van der Waals surface area contributed by atoms with E-state index in [9.17, 15) is 4.79 Å². The van der Waals surface area contributed by atoms with Gasteiger partial charge in [-0.15, -0.1) is 0 Å². The number of carbonyl (C=O) groups is 1. The number of carbonyl (C=O) groups excluding carboxylic acids is 1. The molecule has 2 aromatic rings. The highest BCUT2D eigenvalue weighted by atomic mass is 16.3. The molecule has 1 aliphatic heterocycles. The molecule has 1 saturated heterocycles. The topological polar surface area (TPSA) is 74.5 Å². The molecule has 0 spiro atoms. The van der Waals surface area contributed by atoms with Gasteiger partial charge >= 0.3 is 0 Å². The Kier molecular flexibility index (Phi) is 4.98. The second kappa shape index (κ2) is 7.33. The van der Waals surface area contributed by atoms with Crippen molar-refractivity contribution < 1.29 is 9.21 Å². The van der Waals surface area contributed by atoms with Crippen LogP contribution in [0.2, 0.25) is 0 Å². The maximum absolute atomic E-state index is 12.3. The Hall–Kier alpha value is -2.57. The Morgan fingerprint density at radius 2 is 2.08 bits per heavy atom. The summed E-state index contributed by atoms with van der Waals surface area (Å²) in [5.74, 6) is 2.42. The predicted molar refractivity (Wildman–Crippen MR) is 92.2 cm³/mol. The zero-order chi connectivity index (χ0) is 16.9. The number of rotatable bonds is 5. The van der Waals surface area contributed by atoms with Gasteiger partial charge in [-0.1, -0.05) is 13.8 Å². The Morgan fingerprint density at radius 1 is 1.29 bits per heavy atom. The molecule has 7 heteroatoms. The van der Waals surface area contributed by atoms with Crippen molar-refractivity contribution in [2.45, 2.75) is 13.8 Å². The minimum atomic E-state index is -0.0621. The Bertz CT molecular complexity index is 663. The molecule has 0 aliphatic carbocycles. The van der Waals surface area contributed by atoms with Gasteiger partial charge in [-0.25, -0.2) is 4.98 Å². The van der Waals surface area contributed by atoms with E-state index in [1.165, 1.54) is 6.26 Å². The Labute approximate surface area is 141 Å². The SMILES string of the molecule is CC(C)CNc1ccnc(N2CCN(C(=O)c3ccco3)CC2)n1. The molecule has 2 aromatic heterocycles. The summed E-state index contributed by atoms with van der Waals surface area (Å²) < 4.78 is 5.18. The Balaban J connectivity index is 1.58. The molecular formula is C17H23N5O2. The second-order valence-corrected chi connectivity index (χ2v) is 6.27. The summed E-state index contributed by atoms with van der Waals surface area (Å²) in [6, 6.07) is 5.30. The van der Waals surface area contributed by atoms with Crippen molar-refractivity contribution in [3.63, 3.8) is 0 Å². The average Bonchev–Trinajstić information content (AvgIpc) is 3.14. The van der Waals surface area contributed by atoms with Gasteiger partial charge in [-0.2, -0.15) is 4.98 Å². The van der Waals surface area contributed by atoms with Crippen molar-refractivity contribution >= 4 is 17.7 Å². The van der Waals surface area contributed by atoms with Crippen LogP contribution < -0.4 is 10.2 Å². The third-order valence-electron chi connectivity index (χ3n) is 3.92. The van der Waals surface area contributed by atoms with Gasteiger partial charge in [0, 0.05) is 38.9 Å². The zero-order valence-electron chi connectivity index (χ0n) is 14.1. The highest BCUT2D eigenvalue weighted by Gasteiger charge is 2.24. The standard InChI is InChI=1S/C17H23N5O2/c1-13(2)12-19-15-5-6-18-17(20-15)22-9-7-21(8-10-22)16(23)14-4-3-11-24-14/h3-6,11,13H,7-10,12H2,1-2H3,(H,18,19,20). The summed E-state index contributed by atoms with van der Waals surface area (Å²) >= 11 is 0. The van der Waals surface area contributed by atoms with E-state index >= 15 is 0 Å². The molecule has 3 heterocycles. The molecule has 0 atom stereocenters. The van der Waals surface area contributed by atoms with Crippen molar-refractivity contribution in [2.75, 3.05) is 42.9 Å². The molecule has 0 aromatic carbocycles. The summed E-state index contributed by atoms with van der Waals surface area (Å²) in [6.07, 6.45) is 3.29. The van der Waals surface area contributed by atoms with E-state index in [1.807, 2.05) is 6.07 Å². The van der Waals surface area contributed by atoms with Crippen LogP contribution in [0.4, 0.5) is 11.8 Å².